The van der Waals surface area contributed by atoms with Crippen molar-refractivity contribution in [1.29, 1.82) is 0 Å². The molecule has 33 heavy (non-hydrogen) atoms. The average molecular weight is 620 g/mol. The summed E-state index contributed by atoms with van der Waals surface area (Å²) in [6, 6.07) is 5.73. The van der Waals surface area contributed by atoms with Crippen LogP contribution in [-0.4, -0.2) is 38.3 Å². The molecular formula is C24H27BNO6W-. The number of benzene rings is 1. The van der Waals surface area contributed by atoms with Crippen LogP contribution in [0.5, 0.6) is 5.75 Å². The van der Waals surface area contributed by atoms with Crippen molar-refractivity contribution in [2.24, 2.45) is 7.05 Å². The van der Waals surface area contributed by atoms with Crippen LogP contribution in [0.1, 0.15) is 72.8 Å². The third-order valence-corrected chi connectivity index (χ3v) is 6.32. The molecule has 0 fully saturated rings. The van der Waals surface area contributed by atoms with Gasteiger partial charge in [-0.15, -0.1) is 0 Å². The standard InChI is InChI=1S/C24H27BNO6.W/c1-4-16-19(26(3)15-18(23(16)27)24(28)29)12-8-6-7-9-14-31-21-13-10-11-17-20(5-2)32-25(30)22(17)21;/h10-13,15,20,30H,5-7,9,14H2,1-3H3,(H,28,29);/q-1;. The van der Waals surface area contributed by atoms with E-state index < -0.39 is 18.5 Å². The van der Waals surface area contributed by atoms with Crippen LogP contribution in [0.2, 0.25) is 0 Å². The molecule has 0 saturated heterocycles. The smallest absolute Gasteiger partial charge is 0.0583 e. The molecule has 0 aliphatic carbocycles. The zero-order valence-corrected chi connectivity index (χ0v) is 21.9. The van der Waals surface area contributed by atoms with Crippen molar-refractivity contribution < 1.29 is 43.7 Å². The first-order valence-corrected chi connectivity index (χ1v) is 12.4. The maximum atomic E-state index is 12.6. The Morgan fingerprint density at radius 1 is 1.39 bits per heavy atom. The molecule has 2 aromatic rings. The molecule has 3 rings (SSSR count). The minimum absolute atomic E-state index is 0.102. The van der Waals surface area contributed by atoms with E-state index in [0.29, 0.717) is 30.0 Å². The average Bonchev–Trinajstić information content (AvgIpc) is 3.11. The van der Waals surface area contributed by atoms with Crippen LogP contribution in [0, 0.1) is 6.08 Å². The van der Waals surface area contributed by atoms with Crippen molar-refractivity contribution in [2.75, 3.05) is 6.61 Å². The fourth-order valence-corrected chi connectivity index (χ4v) is 4.65. The predicted molar refractivity (Wildman–Crippen MR) is 124 cm³/mol. The fraction of sp³-hybridized carbons (Fsp3) is 0.375. The molecule has 1 atom stereocenters. The predicted octanol–water partition coefficient (Wildman–Crippen LogP) is 2.41. The van der Waals surface area contributed by atoms with E-state index >= 15 is 0 Å². The molecule has 0 spiro atoms. The summed E-state index contributed by atoms with van der Waals surface area (Å²) < 4.78 is 14.0. The van der Waals surface area contributed by atoms with Gasteiger partial charge in [0, 0.05) is 0 Å². The third-order valence-electron chi connectivity index (χ3n) is 5.58. The number of fused-ring (bicyclic) bond motifs is 1. The second-order valence-electron chi connectivity index (χ2n) is 7.90. The zero-order valence-electron chi connectivity index (χ0n) is 19.0. The number of hydrogen-bond donors (Lipinski definition) is 2. The van der Waals surface area contributed by atoms with E-state index in [4.69, 9.17) is 9.39 Å². The normalized spacial score (nSPS) is 15.2. The molecule has 1 aliphatic rings. The van der Waals surface area contributed by atoms with Crippen LogP contribution in [-0.2, 0) is 31.1 Å². The molecule has 1 aliphatic heterocycles. The summed E-state index contributed by atoms with van der Waals surface area (Å²) in [5, 5.41) is 19.5. The molecule has 1 aromatic heterocycles. The summed E-state index contributed by atoms with van der Waals surface area (Å²) in [5.74, 6) is -0.564. The van der Waals surface area contributed by atoms with Gasteiger partial charge in [0.25, 0.3) is 0 Å². The van der Waals surface area contributed by atoms with E-state index in [1.165, 1.54) is 6.20 Å². The Morgan fingerprint density at radius 3 is 2.82 bits per heavy atom. The molecule has 1 aromatic carbocycles. The Morgan fingerprint density at radius 2 is 2.15 bits per heavy atom. The number of allylic oxidation sites excluding steroid dienone is 1. The van der Waals surface area contributed by atoms with Crippen LogP contribution in [0.3, 0.4) is 0 Å². The summed E-state index contributed by atoms with van der Waals surface area (Å²) in [5.41, 5.74) is 2.12. The minimum atomic E-state index is -1.22. The quantitative estimate of drug-likeness (QED) is 0.241. The van der Waals surface area contributed by atoms with Crippen molar-refractivity contribution >= 4 is 28.5 Å². The fourth-order valence-electron chi connectivity index (χ4n) is 3.94. The van der Waals surface area contributed by atoms with E-state index in [1.54, 1.807) is 17.7 Å². The monoisotopic (exact) mass is 620 g/mol. The van der Waals surface area contributed by atoms with Crippen molar-refractivity contribution in [3.05, 3.63) is 63.1 Å². The first-order chi connectivity index (χ1) is 15.8. The van der Waals surface area contributed by atoms with Crippen molar-refractivity contribution in [1.82, 2.24) is 4.57 Å². The molecule has 2 heterocycles. The van der Waals surface area contributed by atoms with Gasteiger partial charge in [0.05, 0.1) is 6.10 Å². The first-order valence-electron chi connectivity index (χ1n) is 10.9. The van der Waals surface area contributed by atoms with E-state index in [9.17, 15) is 19.7 Å². The molecule has 0 amide bonds. The SMILES string of the molecule is CCC1OB(O)c2c(OCCCC[C-]=Cc3c([C](C)=[W])c(=O)c(C(=O)O)cn3C)cccc21. The number of aryl methyl sites for hydroxylation is 1. The second-order valence-corrected chi connectivity index (χ2v) is 10.1. The van der Waals surface area contributed by atoms with Gasteiger partial charge in [-0.1, -0.05) is 19.1 Å². The molecule has 7 nitrogen and oxygen atoms in total. The Bertz CT molecular complexity index is 1140. The number of pyridine rings is 1. The van der Waals surface area contributed by atoms with Crippen molar-refractivity contribution in [2.45, 2.75) is 45.6 Å². The van der Waals surface area contributed by atoms with E-state index in [1.807, 2.05) is 32.0 Å². The van der Waals surface area contributed by atoms with Crippen LogP contribution < -0.4 is 15.6 Å². The summed E-state index contributed by atoms with van der Waals surface area (Å²) >= 11 is 1.12. The molecule has 0 radical (unpaired) electrons. The third kappa shape index (κ3) is 5.63. The topological polar surface area (TPSA) is 98.0 Å². The summed E-state index contributed by atoms with van der Waals surface area (Å²) in [6.07, 6.45) is 9.33. The number of carboxylic acids is 1. The number of carboxylic acid groups (broad SMARTS) is 1. The first kappa shape index (κ1) is 25.3. The summed E-state index contributed by atoms with van der Waals surface area (Å²) in [6.45, 7) is 4.35. The number of unbranched alkanes of at least 4 members (excludes halogenated alkanes) is 2. The van der Waals surface area contributed by atoms with Gasteiger partial charge in [0.1, 0.15) is 0 Å². The van der Waals surface area contributed by atoms with E-state index in [2.05, 4.69) is 6.08 Å². The number of aromatic nitrogens is 1. The number of aromatic carboxylic acids is 1. The van der Waals surface area contributed by atoms with Gasteiger partial charge in [0.2, 0.25) is 0 Å². The number of ether oxygens (including phenoxy) is 1. The van der Waals surface area contributed by atoms with Crippen LogP contribution in [0.25, 0.3) is 6.08 Å². The Hall–Kier alpha value is -2.28. The van der Waals surface area contributed by atoms with E-state index in [-0.39, 0.29) is 11.7 Å². The van der Waals surface area contributed by atoms with Crippen LogP contribution in [0.15, 0.2) is 29.2 Å². The van der Waals surface area contributed by atoms with Crippen molar-refractivity contribution in [3.63, 3.8) is 0 Å². The molecular weight excluding hydrogens is 593 g/mol. The Kier molecular flexibility index (Phi) is 8.63. The molecule has 174 valence electrons. The van der Waals surface area contributed by atoms with Crippen molar-refractivity contribution in [3.8, 4) is 5.75 Å². The molecule has 9 heteroatoms. The molecule has 2 N–H and O–H groups in total. The van der Waals surface area contributed by atoms with Gasteiger partial charge in [-0.3, -0.25) is 0 Å². The molecule has 0 bridgehead atoms. The number of hydrogen-bond acceptors (Lipinski definition) is 5. The number of nitrogens with zero attached hydrogens (tertiary/aromatic N) is 1. The summed E-state index contributed by atoms with van der Waals surface area (Å²) in [7, 11) is 0.778. The molecule has 1 unspecified atom stereocenters. The maximum absolute atomic E-state index is 12.6. The van der Waals surface area contributed by atoms with E-state index in [0.717, 1.165) is 53.5 Å². The Balaban J connectivity index is 1.58. The number of rotatable bonds is 10. The molecule has 0 saturated carbocycles. The summed E-state index contributed by atoms with van der Waals surface area (Å²) in [4.78, 5) is 23.9. The van der Waals surface area contributed by atoms with Gasteiger partial charge < -0.3 is 9.68 Å². The minimum Gasteiger partial charge on any atom is -0.0583 e. The second kappa shape index (κ2) is 11.2. The van der Waals surface area contributed by atoms with Gasteiger partial charge in [0.15, 0.2) is 0 Å². The van der Waals surface area contributed by atoms with Gasteiger partial charge in [-0.05, 0) is 12.0 Å². The Labute approximate surface area is 204 Å². The van der Waals surface area contributed by atoms with Gasteiger partial charge in [-0.25, -0.2) is 0 Å². The van der Waals surface area contributed by atoms with Crippen LogP contribution >= 0.6 is 0 Å². The zero-order chi connectivity index (χ0) is 24.1. The van der Waals surface area contributed by atoms with Gasteiger partial charge in [-0.2, -0.15) is 0 Å². The number of carbonyl (C=O) groups is 1. The van der Waals surface area contributed by atoms with Crippen LogP contribution in [0.4, 0.5) is 0 Å². The van der Waals surface area contributed by atoms with Gasteiger partial charge >= 0.3 is 158 Å².